The highest BCUT2D eigenvalue weighted by Gasteiger charge is 2.19. The normalized spacial score (nSPS) is 12.3. The van der Waals surface area contributed by atoms with E-state index in [2.05, 4.69) is 26.0 Å². The fraction of sp³-hybridized carbons (Fsp3) is 0.273. The van der Waals surface area contributed by atoms with Crippen LogP contribution in [0, 0.1) is 3.57 Å². The molecule has 32 heavy (non-hydrogen) atoms. The first kappa shape index (κ1) is 24.2. The minimum Gasteiger partial charge on any atom is -0.493 e. The average molecular weight is 614 g/mol. The topological polar surface area (TPSA) is 103 Å². The van der Waals surface area contributed by atoms with Crippen LogP contribution in [-0.4, -0.2) is 40.2 Å². The van der Waals surface area contributed by atoms with Gasteiger partial charge in [0.05, 0.1) is 27.8 Å². The van der Waals surface area contributed by atoms with Crippen LogP contribution in [-0.2, 0) is 11.2 Å². The van der Waals surface area contributed by atoms with E-state index in [4.69, 9.17) is 14.6 Å². The number of carboxylic acid groups (broad SMARTS) is 1. The average Bonchev–Trinajstić information content (AvgIpc) is 2.75. The highest BCUT2D eigenvalue weighted by atomic mass is 127. The summed E-state index contributed by atoms with van der Waals surface area (Å²) in [5.74, 6) is 0.196. The number of benzene rings is 2. The minimum absolute atomic E-state index is 0.257. The van der Waals surface area contributed by atoms with Crippen LogP contribution < -0.4 is 15.0 Å². The number of hydrogen-bond acceptors (Lipinski definition) is 6. The van der Waals surface area contributed by atoms with Crippen molar-refractivity contribution >= 4 is 61.6 Å². The molecule has 10 heteroatoms. The van der Waals surface area contributed by atoms with Gasteiger partial charge in [0.2, 0.25) is 0 Å². The highest BCUT2D eigenvalue weighted by Crippen LogP contribution is 2.34. The van der Waals surface area contributed by atoms with Crippen molar-refractivity contribution in [3.63, 3.8) is 0 Å². The second-order valence-electron chi connectivity index (χ2n) is 6.93. The quantitative estimate of drug-likeness (QED) is 0.297. The van der Waals surface area contributed by atoms with Gasteiger partial charge in [-0.2, -0.15) is 9.78 Å². The predicted molar refractivity (Wildman–Crippen MR) is 134 cm³/mol. The van der Waals surface area contributed by atoms with Gasteiger partial charge in [0, 0.05) is 10.9 Å². The molecule has 3 rings (SSSR count). The largest absolute Gasteiger partial charge is 0.493 e. The molecule has 1 N–H and O–H groups in total. The number of ether oxygens (including phenoxy) is 2. The van der Waals surface area contributed by atoms with Gasteiger partial charge in [-0.1, -0.05) is 22.9 Å². The maximum Gasteiger partial charge on any atom is 0.344 e. The van der Waals surface area contributed by atoms with Gasteiger partial charge in [-0.25, -0.2) is 9.78 Å². The van der Waals surface area contributed by atoms with E-state index >= 15 is 0 Å². The van der Waals surface area contributed by atoms with Crippen LogP contribution in [0.4, 0.5) is 0 Å². The van der Waals surface area contributed by atoms with Crippen LogP contribution in [0.3, 0.4) is 0 Å². The molecule has 0 spiro atoms. The molecule has 168 valence electrons. The van der Waals surface area contributed by atoms with E-state index in [1.165, 1.54) is 18.7 Å². The van der Waals surface area contributed by atoms with E-state index in [1.54, 1.807) is 30.5 Å². The molecule has 0 bridgehead atoms. The van der Waals surface area contributed by atoms with E-state index in [1.807, 2.05) is 35.6 Å². The van der Waals surface area contributed by atoms with Gasteiger partial charge in [0.25, 0.3) is 5.56 Å². The fourth-order valence-corrected chi connectivity index (χ4v) is 4.09. The van der Waals surface area contributed by atoms with Crippen molar-refractivity contribution < 1.29 is 19.4 Å². The lowest BCUT2D eigenvalue weighted by Gasteiger charge is -2.16. The maximum absolute atomic E-state index is 13.1. The Morgan fingerprint density at radius 3 is 2.78 bits per heavy atom. The van der Waals surface area contributed by atoms with Gasteiger partial charge in [-0.15, -0.1) is 0 Å². The summed E-state index contributed by atoms with van der Waals surface area (Å²) >= 11 is 5.44. The van der Waals surface area contributed by atoms with E-state index in [9.17, 15) is 9.59 Å². The summed E-state index contributed by atoms with van der Waals surface area (Å²) in [6.07, 6.45) is 1.92. The summed E-state index contributed by atoms with van der Waals surface area (Å²) in [5.41, 5.74) is 1.02. The summed E-state index contributed by atoms with van der Waals surface area (Å²) in [6.45, 7) is 3.45. The molecule has 1 heterocycles. The number of methoxy groups -OCH3 is 1. The molecule has 3 aromatic rings. The molecule has 2 aromatic carbocycles. The van der Waals surface area contributed by atoms with Crippen molar-refractivity contribution in [1.29, 1.82) is 0 Å². The van der Waals surface area contributed by atoms with Crippen LogP contribution in [0.1, 0.15) is 31.7 Å². The van der Waals surface area contributed by atoms with Gasteiger partial charge < -0.3 is 14.6 Å². The number of carbonyl (C=O) groups is 1. The van der Waals surface area contributed by atoms with Crippen molar-refractivity contribution in [3.8, 4) is 11.5 Å². The van der Waals surface area contributed by atoms with E-state index in [0.717, 1.165) is 10.9 Å². The number of halogens is 2. The summed E-state index contributed by atoms with van der Waals surface area (Å²) in [6, 6.07) is 8.82. The number of rotatable bonds is 8. The maximum atomic E-state index is 13.1. The molecule has 0 fully saturated rings. The molecule has 0 aliphatic carbocycles. The second-order valence-corrected chi connectivity index (χ2v) is 9.01. The highest BCUT2D eigenvalue weighted by molar-refractivity contribution is 14.1. The zero-order valence-corrected chi connectivity index (χ0v) is 21.4. The number of fused-ring (bicyclic) bond motifs is 1. The molecule has 0 saturated carbocycles. The Labute approximate surface area is 206 Å². The molecule has 1 aromatic heterocycles. The first-order valence-corrected chi connectivity index (χ1v) is 11.6. The summed E-state index contributed by atoms with van der Waals surface area (Å²) < 4.78 is 13.7. The second kappa shape index (κ2) is 10.4. The van der Waals surface area contributed by atoms with Crippen LogP contribution in [0.15, 0.2) is 44.7 Å². The third-order valence-electron chi connectivity index (χ3n) is 4.57. The Bertz CT molecular complexity index is 1260. The van der Waals surface area contributed by atoms with Gasteiger partial charge in [0.15, 0.2) is 17.6 Å². The zero-order valence-electron chi connectivity index (χ0n) is 17.6. The molecule has 0 aliphatic rings. The standard InChI is InChI=1S/C22H21BrIN3O5/c1-4-5-19-26-17-7-6-14(23)10-15(17)21(28)27(19)25-11-13-8-16(24)20(18(9-13)31-3)32-12(2)22(29)30/h6-12H,4-5H2,1-3H3,(H,29,30)/t12-/m0/s1. The Morgan fingerprint density at radius 1 is 1.38 bits per heavy atom. The van der Waals surface area contributed by atoms with Crippen molar-refractivity contribution in [3.05, 3.63) is 60.1 Å². The molecule has 0 aliphatic heterocycles. The first-order valence-electron chi connectivity index (χ1n) is 9.77. The monoisotopic (exact) mass is 613 g/mol. The zero-order chi connectivity index (χ0) is 23.4. The summed E-state index contributed by atoms with van der Waals surface area (Å²) in [5, 5.41) is 14.0. The third kappa shape index (κ3) is 5.29. The SMILES string of the molecule is CCCc1nc2ccc(Br)cc2c(=O)n1N=Cc1cc(I)c(O[C@@H](C)C(=O)O)c(OC)c1. The number of nitrogens with zero attached hydrogens (tertiary/aromatic N) is 3. The Hall–Kier alpha value is -2.47. The van der Waals surface area contributed by atoms with E-state index in [0.29, 0.717) is 43.8 Å². The molecule has 0 radical (unpaired) electrons. The van der Waals surface area contributed by atoms with Crippen LogP contribution in [0.5, 0.6) is 11.5 Å². The third-order valence-corrected chi connectivity index (χ3v) is 5.86. The molecule has 8 nitrogen and oxygen atoms in total. The molecular weight excluding hydrogens is 593 g/mol. The number of hydrogen-bond donors (Lipinski definition) is 1. The Balaban J connectivity index is 2.06. The van der Waals surface area contributed by atoms with Gasteiger partial charge in [-0.3, -0.25) is 4.79 Å². The number of carboxylic acids is 1. The van der Waals surface area contributed by atoms with Gasteiger partial charge in [-0.05, 0) is 71.8 Å². The lowest BCUT2D eigenvalue weighted by Crippen LogP contribution is -2.23. The van der Waals surface area contributed by atoms with Crippen molar-refractivity contribution in [2.24, 2.45) is 5.10 Å². The number of aryl methyl sites for hydroxylation is 1. The van der Waals surface area contributed by atoms with Crippen LogP contribution >= 0.6 is 38.5 Å². The molecule has 1 atom stereocenters. The number of aliphatic carboxylic acids is 1. The number of aromatic nitrogens is 2. The molecular formula is C22H21BrIN3O5. The van der Waals surface area contributed by atoms with Crippen molar-refractivity contribution in [2.45, 2.75) is 32.8 Å². The van der Waals surface area contributed by atoms with E-state index in [-0.39, 0.29) is 5.56 Å². The Kier molecular flexibility index (Phi) is 7.88. The predicted octanol–water partition coefficient (Wildman–Crippen LogP) is 4.46. The molecule has 0 amide bonds. The fourth-order valence-electron chi connectivity index (χ4n) is 2.98. The lowest BCUT2D eigenvalue weighted by molar-refractivity contribution is -0.144. The smallest absolute Gasteiger partial charge is 0.344 e. The van der Waals surface area contributed by atoms with Gasteiger partial charge >= 0.3 is 5.97 Å². The molecule has 0 unspecified atom stereocenters. The summed E-state index contributed by atoms with van der Waals surface area (Å²) in [7, 11) is 1.47. The van der Waals surface area contributed by atoms with Crippen molar-refractivity contribution in [1.82, 2.24) is 9.66 Å². The Morgan fingerprint density at radius 2 is 2.12 bits per heavy atom. The van der Waals surface area contributed by atoms with Crippen LogP contribution in [0.2, 0.25) is 0 Å². The first-order chi connectivity index (χ1) is 15.2. The molecule has 0 saturated heterocycles. The van der Waals surface area contributed by atoms with Crippen molar-refractivity contribution in [2.75, 3.05) is 7.11 Å². The minimum atomic E-state index is -1.08. The summed E-state index contributed by atoms with van der Waals surface area (Å²) in [4.78, 5) is 28.9. The van der Waals surface area contributed by atoms with Crippen LogP contribution in [0.25, 0.3) is 10.9 Å². The van der Waals surface area contributed by atoms with E-state index < -0.39 is 12.1 Å². The van der Waals surface area contributed by atoms with Gasteiger partial charge in [0.1, 0.15) is 5.82 Å². The lowest BCUT2D eigenvalue weighted by atomic mass is 10.2.